The second-order valence-electron chi connectivity index (χ2n) is 5.53. The van der Waals surface area contributed by atoms with Gasteiger partial charge in [0.2, 0.25) is 5.82 Å². The van der Waals surface area contributed by atoms with Gasteiger partial charge in [-0.25, -0.2) is 4.98 Å². The normalized spacial score (nSPS) is 19.6. The average Bonchev–Trinajstić information content (AvgIpc) is 2.44. The van der Waals surface area contributed by atoms with Crippen LogP contribution in [0.4, 0.5) is 17.3 Å². The number of piperazine rings is 1. The SMILES string of the molecule is CCCNc1ccc([N+](=O)[O-])c(N2CCN(C)CC2C)n1. The highest BCUT2D eigenvalue weighted by Gasteiger charge is 2.29. The molecule has 0 aromatic carbocycles. The van der Waals surface area contributed by atoms with Crippen molar-refractivity contribution >= 4 is 17.3 Å². The van der Waals surface area contributed by atoms with Gasteiger partial charge in [-0.1, -0.05) is 6.92 Å². The minimum Gasteiger partial charge on any atom is -0.370 e. The molecule has 1 aliphatic heterocycles. The van der Waals surface area contributed by atoms with E-state index in [1.54, 1.807) is 12.1 Å². The van der Waals surface area contributed by atoms with Gasteiger partial charge in [-0.05, 0) is 26.5 Å². The Labute approximate surface area is 125 Å². The van der Waals surface area contributed by atoms with E-state index in [1.807, 2.05) is 4.90 Å². The summed E-state index contributed by atoms with van der Waals surface area (Å²) in [5, 5.41) is 14.5. The van der Waals surface area contributed by atoms with Crippen molar-refractivity contribution in [2.24, 2.45) is 0 Å². The van der Waals surface area contributed by atoms with Gasteiger partial charge in [0.05, 0.1) is 4.92 Å². The molecule has 7 heteroatoms. The van der Waals surface area contributed by atoms with Crippen LogP contribution in [0.2, 0.25) is 0 Å². The topological polar surface area (TPSA) is 74.5 Å². The van der Waals surface area contributed by atoms with E-state index in [-0.39, 0.29) is 16.7 Å². The molecule has 21 heavy (non-hydrogen) atoms. The third-order valence-corrected chi connectivity index (χ3v) is 3.71. The van der Waals surface area contributed by atoms with Crippen LogP contribution in [-0.2, 0) is 0 Å². The molecule has 2 rings (SSSR count). The first-order chi connectivity index (χ1) is 10.0. The Kier molecular flexibility index (Phi) is 4.95. The highest BCUT2D eigenvalue weighted by atomic mass is 16.6. The fraction of sp³-hybridized carbons (Fsp3) is 0.643. The molecule has 1 aliphatic rings. The maximum absolute atomic E-state index is 11.3. The van der Waals surface area contributed by atoms with Gasteiger partial charge in [0, 0.05) is 38.3 Å². The van der Waals surface area contributed by atoms with Gasteiger partial charge in [-0.3, -0.25) is 10.1 Å². The van der Waals surface area contributed by atoms with Crippen LogP contribution in [0, 0.1) is 10.1 Å². The number of rotatable bonds is 5. The summed E-state index contributed by atoms with van der Waals surface area (Å²) in [7, 11) is 2.06. The molecule has 1 N–H and O–H groups in total. The van der Waals surface area contributed by atoms with E-state index in [0.29, 0.717) is 11.6 Å². The largest absolute Gasteiger partial charge is 0.370 e. The lowest BCUT2D eigenvalue weighted by molar-refractivity contribution is -0.384. The quantitative estimate of drug-likeness (QED) is 0.660. The first-order valence-corrected chi connectivity index (χ1v) is 7.37. The standard InChI is InChI=1S/C14H23N5O2/c1-4-7-15-13-6-5-12(19(20)21)14(16-13)18-9-8-17(3)10-11(18)2/h5-6,11H,4,7-10H2,1-3H3,(H,15,16). The summed E-state index contributed by atoms with van der Waals surface area (Å²) in [6.45, 7) is 7.47. The van der Waals surface area contributed by atoms with Crippen LogP contribution < -0.4 is 10.2 Å². The molecule has 116 valence electrons. The summed E-state index contributed by atoms with van der Waals surface area (Å²) in [5.74, 6) is 1.17. The van der Waals surface area contributed by atoms with Crippen LogP contribution >= 0.6 is 0 Å². The Bertz CT molecular complexity index is 508. The summed E-state index contributed by atoms with van der Waals surface area (Å²) < 4.78 is 0. The van der Waals surface area contributed by atoms with Gasteiger partial charge in [0.1, 0.15) is 5.82 Å². The molecule has 0 amide bonds. The summed E-state index contributed by atoms with van der Waals surface area (Å²) in [5.41, 5.74) is 0.0773. The molecule has 0 radical (unpaired) electrons. The fourth-order valence-electron chi connectivity index (χ4n) is 2.60. The van der Waals surface area contributed by atoms with Crippen LogP contribution in [0.15, 0.2) is 12.1 Å². The zero-order chi connectivity index (χ0) is 15.4. The van der Waals surface area contributed by atoms with Crippen molar-refractivity contribution in [3.8, 4) is 0 Å². The first-order valence-electron chi connectivity index (χ1n) is 7.37. The molecule has 1 fully saturated rings. The number of nitrogens with one attached hydrogen (secondary N) is 1. The van der Waals surface area contributed by atoms with Gasteiger partial charge in [0.25, 0.3) is 0 Å². The van der Waals surface area contributed by atoms with Gasteiger partial charge in [-0.15, -0.1) is 0 Å². The van der Waals surface area contributed by atoms with Crippen molar-refractivity contribution in [3.63, 3.8) is 0 Å². The molecule has 7 nitrogen and oxygen atoms in total. The number of hydrogen-bond donors (Lipinski definition) is 1. The van der Waals surface area contributed by atoms with Crippen molar-refractivity contribution < 1.29 is 4.92 Å². The third kappa shape index (κ3) is 3.60. The predicted octanol–water partition coefficient (Wildman–Crippen LogP) is 1.95. The average molecular weight is 293 g/mol. The minimum atomic E-state index is -0.350. The molecule has 1 unspecified atom stereocenters. The number of likely N-dealkylation sites (N-methyl/N-ethyl adjacent to an activating group) is 1. The van der Waals surface area contributed by atoms with Crippen molar-refractivity contribution in [3.05, 3.63) is 22.2 Å². The maximum atomic E-state index is 11.3. The lowest BCUT2D eigenvalue weighted by atomic mass is 10.2. The van der Waals surface area contributed by atoms with Gasteiger partial charge in [-0.2, -0.15) is 0 Å². The molecule has 0 bridgehead atoms. The van der Waals surface area contributed by atoms with Gasteiger partial charge >= 0.3 is 5.69 Å². The van der Waals surface area contributed by atoms with Crippen molar-refractivity contribution in [1.82, 2.24) is 9.88 Å². The molecule has 0 spiro atoms. The minimum absolute atomic E-state index is 0.0773. The highest BCUT2D eigenvalue weighted by Crippen LogP contribution is 2.30. The van der Waals surface area contributed by atoms with Crippen LogP contribution in [0.25, 0.3) is 0 Å². The number of nitrogens with zero attached hydrogens (tertiary/aromatic N) is 4. The zero-order valence-corrected chi connectivity index (χ0v) is 12.9. The summed E-state index contributed by atoms with van der Waals surface area (Å²) in [6, 6.07) is 3.43. The van der Waals surface area contributed by atoms with Crippen LogP contribution in [0.5, 0.6) is 0 Å². The molecule has 1 atom stereocenters. The molecule has 1 aromatic rings. The number of aromatic nitrogens is 1. The van der Waals surface area contributed by atoms with E-state index >= 15 is 0 Å². The number of pyridine rings is 1. The lowest BCUT2D eigenvalue weighted by Crippen LogP contribution is -2.51. The Morgan fingerprint density at radius 3 is 2.86 bits per heavy atom. The zero-order valence-electron chi connectivity index (χ0n) is 12.9. The van der Waals surface area contributed by atoms with Crippen LogP contribution in [0.1, 0.15) is 20.3 Å². The molecular formula is C14H23N5O2. The summed E-state index contributed by atoms with van der Waals surface area (Å²) >= 11 is 0. The van der Waals surface area contributed by atoms with E-state index in [0.717, 1.165) is 32.6 Å². The summed E-state index contributed by atoms with van der Waals surface area (Å²) in [4.78, 5) is 19.7. The molecule has 1 saturated heterocycles. The second kappa shape index (κ2) is 6.71. The van der Waals surface area contributed by atoms with Crippen LogP contribution in [-0.4, -0.2) is 54.1 Å². The van der Waals surface area contributed by atoms with Crippen molar-refractivity contribution in [1.29, 1.82) is 0 Å². The molecule has 1 aromatic heterocycles. The van der Waals surface area contributed by atoms with E-state index in [9.17, 15) is 10.1 Å². The molecule has 0 aliphatic carbocycles. The van der Waals surface area contributed by atoms with E-state index < -0.39 is 0 Å². The van der Waals surface area contributed by atoms with Crippen LogP contribution in [0.3, 0.4) is 0 Å². The number of hydrogen-bond acceptors (Lipinski definition) is 6. The molecule has 0 saturated carbocycles. The fourth-order valence-corrected chi connectivity index (χ4v) is 2.60. The monoisotopic (exact) mass is 293 g/mol. The highest BCUT2D eigenvalue weighted by molar-refractivity contribution is 5.62. The van der Waals surface area contributed by atoms with E-state index in [2.05, 4.69) is 36.1 Å². The Balaban J connectivity index is 2.31. The van der Waals surface area contributed by atoms with E-state index in [4.69, 9.17) is 0 Å². The lowest BCUT2D eigenvalue weighted by Gasteiger charge is -2.38. The Morgan fingerprint density at radius 2 is 2.24 bits per heavy atom. The maximum Gasteiger partial charge on any atom is 0.311 e. The molecule has 2 heterocycles. The molecular weight excluding hydrogens is 270 g/mol. The Hall–Kier alpha value is -1.89. The van der Waals surface area contributed by atoms with Crippen molar-refractivity contribution in [2.75, 3.05) is 43.4 Å². The predicted molar refractivity (Wildman–Crippen MR) is 84.0 cm³/mol. The second-order valence-corrected chi connectivity index (χ2v) is 5.53. The Morgan fingerprint density at radius 1 is 1.48 bits per heavy atom. The van der Waals surface area contributed by atoms with Gasteiger partial charge < -0.3 is 15.1 Å². The van der Waals surface area contributed by atoms with E-state index in [1.165, 1.54) is 0 Å². The third-order valence-electron chi connectivity index (χ3n) is 3.71. The summed E-state index contributed by atoms with van der Waals surface area (Å²) in [6.07, 6.45) is 0.985. The van der Waals surface area contributed by atoms with Gasteiger partial charge in [0.15, 0.2) is 0 Å². The first kappa shape index (κ1) is 15.5. The number of anilines is 2. The van der Waals surface area contributed by atoms with Crippen molar-refractivity contribution in [2.45, 2.75) is 26.3 Å². The number of nitro groups is 1. The smallest absolute Gasteiger partial charge is 0.311 e.